The fourth-order valence-corrected chi connectivity index (χ4v) is 5.66. The van der Waals surface area contributed by atoms with Crippen LogP contribution in [0.3, 0.4) is 0 Å². The fourth-order valence-electron chi connectivity index (χ4n) is 3.49. The molecule has 4 aromatic rings. The number of ketones is 2. The zero-order chi connectivity index (χ0) is 25.8. The Kier molecular flexibility index (Phi) is 7.41. The lowest BCUT2D eigenvalue weighted by molar-refractivity contribution is 0.0919. The first kappa shape index (κ1) is 25.4. The first-order valence-corrected chi connectivity index (χ1v) is 13.5. The van der Waals surface area contributed by atoms with E-state index in [1.165, 1.54) is 60.7 Å². The summed E-state index contributed by atoms with van der Waals surface area (Å²) in [7, 11) is -8.85. The van der Waals surface area contributed by atoms with Crippen LogP contribution in [0.2, 0.25) is 0 Å². The van der Waals surface area contributed by atoms with E-state index in [4.69, 9.17) is 8.37 Å². The molecule has 0 amide bonds. The van der Waals surface area contributed by atoms with E-state index in [0.717, 1.165) is 0 Å². The number of benzene rings is 4. The summed E-state index contributed by atoms with van der Waals surface area (Å²) in [6.07, 6.45) is 0. The van der Waals surface area contributed by atoms with Crippen LogP contribution in [0, 0.1) is 0 Å². The van der Waals surface area contributed by atoms with Crippen LogP contribution in [0.5, 0.6) is 0 Å². The highest BCUT2D eigenvalue weighted by Gasteiger charge is 2.25. The van der Waals surface area contributed by atoms with Crippen molar-refractivity contribution in [3.63, 3.8) is 0 Å². The Bertz CT molecular complexity index is 1500. The number of rotatable bonds is 10. The van der Waals surface area contributed by atoms with Crippen molar-refractivity contribution in [2.24, 2.45) is 0 Å². The molecule has 0 saturated heterocycles. The maximum absolute atomic E-state index is 12.9. The first-order chi connectivity index (χ1) is 17.2. The summed E-state index contributed by atoms with van der Waals surface area (Å²) in [5.41, 5.74) is 0.586. The molecule has 0 heterocycles. The Labute approximate surface area is 208 Å². The van der Waals surface area contributed by atoms with E-state index in [9.17, 15) is 26.4 Å². The highest BCUT2D eigenvalue weighted by Crippen LogP contribution is 2.30. The second kappa shape index (κ2) is 10.5. The van der Waals surface area contributed by atoms with Gasteiger partial charge in [0.05, 0.1) is 0 Å². The molecule has 0 bridgehead atoms. The van der Waals surface area contributed by atoms with Crippen molar-refractivity contribution in [3.05, 3.63) is 108 Å². The van der Waals surface area contributed by atoms with Crippen molar-refractivity contribution in [1.29, 1.82) is 0 Å². The van der Waals surface area contributed by atoms with E-state index >= 15 is 0 Å². The van der Waals surface area contributed by atoms with Gasteiger partial charge in [0.15, 0.2) is 11.6 Å². The van der Waals surface area contributed by atoms with Crippen LogP contribution >= 0.6 is 0 Å². The van der Waals surface area contributed by atoms with Gasteiger partial charge in [-0.05, 0) is 12.1 Å². The largest absolute Gasteiger partial charge is 0.298 e. The lowest BCUT2D eigenvalue weighted by Gasteiger charge is -2.12. The lowest BCUT2D eigenvalue weighted by atomic mass is 10.1. The molecule has 0 fully saturated rings. The van der Waals surface area contributed by atoms with Crippen molar-refractivity contribution in [2.45, 2.75) is 9.79 Å². The number of hydrogen-bond acceptors (Lipinski definition) is 8. The van der Waals surface area contributed by atoms with Gasteiger partial charge in [-0.1, -0.05) is 84.9 Å². The Morgan fingerprint density at radius 1 is 0.500 bits per heavy atom. The van der Waals surface area contributed by atoms with Crippen LogP contribution in [0.4, 0.5) is 0 Å². The molecule has 0 aliphatic rings. The zero-order valence-electron chi connectivity index (χ0n) is 18.7. The summed E-state index contributed by atoms with van der Waals surface area (Å²) in [4.78, 5) is 24.0. The van der Waals surface area contributed by atoms with Crippen LogP contribution in [-0.4, -0.2) is 41.6 Å². The minimum absolute atomic E-state index is 0.0590. The highest BCUT2D eigenvalue weighted by atomic mass is 32.2. The molecule has 4 aromatic carbocycles. The summed E-state index contributed by atoms with van der Waals surface area (Å²) in [5, 5.41) is 0.118. The van der Waals surface area contributed by atoms with Crippen LogP contribution in [0.1, 0.15) is 20.7 Å². The molecule has 0 saturated carbocycles. The summed E-state index contributed by atoms with van der Waals surface area (Å²) >= 11 is 0. The molecular formula is C26H20O8S2. The number of Topliss-reactive ketones (excluding diaryl/α,β-unsaturated/α-hetero) is 2. The van der Waals surface area contributed by atoms with Gasteiger partial charge in [-0.2, -0.15) is 16.8 Å². The lowest BCUT2D eigenvalue weighted by Crippen LogP contribution is -2.16. The molecule has 8 nitrogen and oxygen atoms in total. The van der Waals surface area contributed by atoms with E-state index in [2.05, 4.69) is 0 Å². The summed E-state index contributed by atoms with van der Waals surface area (Å²) < 4.78 is 61.6. The molecule has 0 aliphatic heterocycles. The van der Waals surface area contributed by atoms with Gasteiger partial charge < -0.3 is 0 Å². The maximum atomic E-state index is 12.9. The molecule has 0 N–H and O–H groups in total. The standard InChI is InChI=1S/C26H20O8S2/c27-23(19-9-3-1-4-10-19)17-33-35(29,30)25-15-7-14-22-21(25)13-8-16-26(22)36(31,32)34-18-24(28)20-11-5-2-6-12-20/h1-16H,17-18H2. The van der Waals surface area contributed by atoms with Gasteiger partial charge in [0.1, 0.15) is 23.0 Å². The molecule has 184 valence electrons. The monoisotopic (exact) mass is 524 g/mol. The Morgan fingerprint density at radius 3 is 1.22 bits per heavy atom. The molecule has 4 rings (SSSR count). The van der Waals surface area contributed by atoms with Gasteiger partial charge in [-0.15, -0.1) is 0 Å². The minimum Gasteiger partial charge on any atom is -0.291 e. The average Bonchev–Trinajstić information content (AvgIpc) is 2.90. The first-order valence-electron chi connectivity index (χ1n) is 10.7. The molecule has 0 atom stereocenters. The molecule has 0 aromatic heterocycles. The van der Waals surface area contributed by atoms with E-state index < -0.39 is 45.0 Å². The van der Waals surface area contributed by atoms with Gasteiger partial charge >= 0.3 is 0 Å². The summed E-state index contributed by atoms with van der Waals surface area (Å²) in [6.45, 7) is -1.43. The highest BCUT2D eigenvalue weighted by molar-refractivity contribution is 7.87. The Balaban J connectivity index is 1.60. The molecular weight excluding hydrogens is 504 g/mol. The second-order valence-corrected chi connectivity index (χ2v) is 10.8. The molecule has 10 heteroatoms. The number of carbonyl (C=O) groups is 2. The normalized spacial score (nSPS) is 11.9. The maximum Gasteiger partial charge on any atom is 0.298 e. The van der Waals surface area contributed by atoms with Gasteiger partial charge in [0.2, 0.25) is 0 Å². The quantitative estimate of drug-likeness (QED) is 0.225. The van der Waals surface area contributed by atoms with Crippen LogP contribution in [0.25, 0.3) is 10.8 Å². The number of carbonyl (C=O) groups excluding carboxylic acids is 2. The van der Waals surface area contributed by atoms with E-state index in [1.54, 1.807) is 36.4 Å². The van der Waals surface area contributed by atoms with E-state index in [0.29, 0.717) is 11.1 Å². The SMILES string of the molecule is O=C(COS(=O)(=O)c1cccc2c(S(=O)(=O)OCC(=O)c3ccccc3)cccc12)c1ccccc1. The fraction of sp³-hybridized carbons (Fsp3) is 0.0769. The minimum atomic E-state index is -4.42. The third-order valence-corrected chi connectivity index (χ3v) is 7.91. The Hall–Kier alpha value is -3.70. The second-order valence-electron chi connectivity index (χ2n) is 7.62. The third kappa shape index (κ3) is 5.58. The van der Waals surface area contributed by atoms with Crippen molar-refractivity contribution < 1.29 is 34.8 Å². The predicted molar refractivity (Wildman–Crippen MR) is 132 cm³/mol. The molecule has 36 heavy (non-hydrogen) atoms. The predicted octanol–water partition coefficient (Wildman–Crippen LogP) is 4.02. The van der Waals surface area contributed by atoms with Crippen molar-refractivity contribution in [1.82, 2.24) is 0 Å². The summed E-state index contributed by atoms with van der Waals surface area (Å²) in [5.74, 6) is -1.06. The van der Waals surface area contributed by atoms with Crippen molar-refractivity contribution in [3.8, 4) is 0 Å². The molecule has 0 spiro atoms. The zero-order valence-corrected chi connectivity index (χ0v) is 20.4. The number of hydrogen-bond donors (Lipinski definition) is 0. The summed E-state index contributed by atoms with van der Waals surface area (Å²) in [6, 6.07) is 24.2. The van der Waals surface area contributed by atoms with Crippen LogP contribution < -0.4 is 0 Å². The van der Waals surface area contributed by atoms with Crippen LogP contribution in [0.15, 0.2) is 107 Å². The Morgan fingerprint density at radius 2 is 0.861 bits per heavy atom. The van der Waals surface area contributed by atoms with Gasteiger partial charge in [-0.3, -0.25) is 18.0 Å². The molecule has 0 unspecified atom stereocenters. The van der Waals surface area contributed by atoms with Gasteiger partial charge in [0, 0.05) is 21.9 Å². The third-order valence-electron chi connectivity index (χ3n) is 5.26. The van der Waals surface area contributed by atoms with E-state index in [1.807, 2.05) is 0 Å². The topological polar surface area (TPSA) is 121 Å². The average molecular weight is 525 g/mol. The van der Waals surface area contributed by atoms with Crippen LogP contribution in [-0.2, 0) is 28.6 Å². The molecule has 0 aliphatic carbocycles. The molecule has 0 radical (unpaired) electrons. The van der Waals surface area contributed by atoms with Crippen molar-refractivity contribution >= 4 is 42.6 Å². The smallest absolute Gasteiger partial charge is 0.291 e. The van der Waals surface area contributed by atoms with Gasteiger partial charge in [0.25, 0.3) is 20.2 Å². The van der Waals surface area contributed by atoms with Gasteiger partial charge in [-0.25, -0.2) is 0 Å². The number of fused-ring (bicyclic) bond motifs is 1. The van der Waals surface area contributed by atoms with E-state index in [-0.39, 0.29) is 20.6 Å². The van der Waals surface area contributed by atoms with Crippen molar-refractivity contribution in [2.75, 3.05) is 13.2 Å².